The first-order valence-corrected chi connectivity index (χ1v) is 7.03. The highest BCUT2D eigenvalue weighted by atomic mass is 19.1. The van der Waals surface area contributed by atoms with E-state index in [1.807, 2.05) is 26.0 Å². The summed E-state index contributed by atoms with van der Waals surface area (Å²) in [5, 5.41) is 3.50. The number of hydrogen-bond acceptors (Lipinski definition) is 2. The van der Waals surface area contributed by atoms with Crippen LogP contribution in [0.1, 0.15) is 41.8 Å². The van der Waals surface area contributed by atoms with Gasteiger partial charge in [-0.05, 0) is 67.8 Å². The van der Waals surface area contributed by atoms with Gasteiger partial charge in [-0.1, -0.05) is 13.0 Å². The van der Waals surface area contributed by atoms with E-state index in [9.17, 15) is 4.39 Å². The predicted octanol–water partition coefficient (Wildman–Crippen LogP) is 3.93. The first kappa shape index (κ1) is 14.7. The van der Waals surface area contributed by atoms with Crippen molar-refractivity contribution in [2.24, 2.45) is 0 Å². The second-order valence-electron chi connectivity index (χ2n) is 5.12. The molecule has 0 aliphatic rings. The molecule has 1 aromatic carbocycles. The van der Waals surface area contributed by atoms with Crippen LogP contribution >= 0.6 is 0 Å². The largest absolute Gasteiger partial charge is 0.306 e. The maximum atomic E-state index is 13.6. The normalized spacial score (nSPS) is 12.4. The second-order valence-corrected chi connectivity index (χ2v) is 5.12. The van der Waals surface area contributed by atoms with E-state index in [0.717, 1.165) is 35.3 Å². The molecule has 0 radical (unpaired) electrons. The van der Waals surface area contributed by atoms with Gasteiger partial charge in [-0.2, -0.15) is 0 Å². The fourth-order valence-electron chi connectivity index (χ4n) is 2.37. The Morgan fingerprint density at radius 1 is 1.20 bits per heavy atom. The SMILES string of the molecule is CCCNC(c1ccnc(C)c1)c1cc(F)ccc1C. The maximum absolute atomic E-state index is 13.6. The van der Waals surface area contributed by atoms with Crippen LogP contribution < -0.4 is 5.32 Å². The molecular weight excluding hydrogens is 251 g/mol. The molecule has 0 spiro atoms. The fraction of sp³-hybridized carbons (Fsp3) is 0.353. The minimum Gasteiger partial charge on any atom is -0.306 e. The molecule has 106 valence electrons. The van der Waals surface area contributed by atoms with E-state index in [1.54, 1.807) is 12.3 Å². The molecule has 0 saturated carbocycles. The first-order chi connectivity index (χ1) is 9.61. The van der Waals surface area contributed by atoms with Crippen molar-refractivity contribution in [3.05, 3.63) is 64.7 Å². The second kappa shape index (κ2) is 6.62. The summed E-state index contributed by atoms with van der Waals surface area (Å²) in [5.41, 5.74) is 4.18. The Kier molecular flexibility index (Phi) is 4.85. The molecule has 0 amide bonds. The summed E-state index contributed by atoms with van der Waals surface area (Å²) in [6, 6.07) is 9.01. The molecule has 1 N–H and O–H groups in total. The summed E-state index contributed by atoms with van der Waals surface area (Å²) in [5.74, 6) is -0.195. The molecule has 2 aromatic rings. The van der Waals surface area contributed by atoms with Gasteiger partial charge in [-0.15, -0.1) is 0 Å². The zero-order valence-electron chi connectivity index (χ0n) is 12.3. The quantitative estimate of drug-likeness (QED) is 0.892. The lowest BCUT2D eigenvalue weighted by Crippen LogP contribution is -2.24. The lowest BCUT2D eigenvalue weighted by Gasteiger charge is -2.22. The third-order valence-corrected chi connectivity index (χ3v) is 3.40. The summed E-state index contributed by atoms with van der Waals surface area (Å²) >= 11 is 0. The summed E-state index contributed by atoms with van der Waals surface area (Å²) in [7, 11) is 0. The molecule has 1 aromatic heterocycles. The Balaban J connectivity index is 2.44. The third kappa shape index (κ3) is 3.42. The molecule has 2 nitrogen and oxygen atoms in total. The van der Waals surface area contributed by atoms with Gasteiger partial charge in [-0.25, -0.2) is 4.39 Å². The average molecular weight is 272 g/mol. The van der Waals surface area contributed by atoms with Gasteiger partial charge in [0.05, 0.1) is 6.04 Å². The zero-order chi connectivity index (χ0) is 14.5. The number of pyridine rings is 1. The van der Waals surface area contributed by atoms with Crippen molar-refractivity contribution in [2.75, 3.05) is 6.54 Å². The molecule has 0 aliphatic carbocycles. The van der Waals surface area contributed by atoms with Crippen molar-refractivity contribution in [2.45, 2.75) is 33.2 Å². The van der Waals surface area contributed by atoms with Crippen LogP contribution in [0, 0.1) is 19.7 Å². The third-order valence-electron chi connectivity index (χ3n) is 3.40. The molecule has 0 saturated heterocycles. The van der Waals surface area contributed by atoms with Crippen LogP contribution in [0.4, 0.5) is 4.39 Å². The van der Waals surface area contributed by atoms with E-state index in [1.165, 1.54) is 6.07 Å². The summed E-state index contributed by atoms with van der Waals surface area (Å²) < 4.78 is 13.6. The average Bonchev–Trinajstić information content (AvgIpc) is 2.43. The molecule has 3 heteroatoms. The van der Waals surface area contributed by atoms with E-state index in [2.05, 4.69) is 23.3 Å². The lowest BCUT2D eigenvalue weighted by molar-refractivity contribution is 0.582. The van der Waals surface area contributed by atoms with Gasteiger partial charge in [0, 0.05) is 11.9 Å². The van der Waals surface area contributed by atoms with Crippen LogP contribution in [-0.2, 0) is 0 Å². The van der Waals surface area contributed by atoms with Crippen LogP contribution in [0.2, 0.25) is 0 Å². The Bertz CT molecular complexity index is 581. The van der Waals surface area contributed by atoms with E-state index >= 15 is 0 Å². The smallest absolute Gasteiger partial charge is 0.123 e. The van der Waals surface area contributed by atoms with Crippen molar-refractivity contribution >= 4 is 0 Å². The minimum absolute atomic E-state index is 0.00681. The Labute approximate surface area is 120 Å². The molecule has 2 rings (SSSR count). The molecule has 1 atom stereocenters. The summed E-state index contributed by atoms with van der Waals surface area (Å²) in [4.78, 5) is 4.23. The lowest BCUT2D eigenvalue weighted by atomic mass is 9.95. The number of halogens is 1. The maximum Gasteiger partial charge on any atom is 0.123 e. The number of rotatable bonds is 5. The summed E-state index contributed by atoms with van der Waals surface area (Å²) in [6.45, 7) is 7.00. The van der Waals surface area contributed by atoms with Crippen LogP contribution in [0.5, 0.6) is 0 Å². The van der Waals surface area contributed by atoms with Gasteiger partial charge in [0.2, 0.25) is 0 Å². The number of nitrogens with one attached hydrogen (secondary N) is 1. The van der Waals surface area contributed by atoms with Gasteiger partial charge in [0.15, 0.2) is 0 Å². The van der Waals surface area contributed by atoms with Crippen LogP contribution in [0.3, 0.4) is 0 Å². The molecule has 1 heterocycles. The Morgan fingerprint density at radius 2 is 2.00 bits per heavy atom. The van der Waals surface area contributed by atoms with Gasteiger partial charge in [0.25, 0.3) is 0 Å². The zero-order valence-corrected chi connectivity index (χ0v) is 12.3. The van der Waals surface area contributed by atoms with Crippen LogP contribution in [0.15, 0.2) is 36.5 Å². The van der Waals surface area contributed by atoms with Crippen LogP contribution in [0.25, 0.3) is 0 Å². The minimum atomic E-state index is -0.195. The first-order valence-electron chi connectivity index (χ1n) is 7.03. The number of aryl methyl sites for hydroxylation is 2. The monoisotopic (exact) mass is 272 g/mol. The van der Waals surface area contributed by atoms with Gasteiger partial charge >= 0.3 is 0 Å². The molecular formula is C17H21FN2. The number of benzene rings is 1. The molecule has 0 bridgehead atoms. The van der Waals surface area contributed by atoms with E-state index in [0.29, 0.717) is 0 Å². The van der Waals surface area contributed by atoms with Crippen molar-refractivity contribution in [3.63, 3.8) is 0 Å². The van der Waals surface area contributed by atoms with Gasteiger partial charge in [0.1, 0.15) is 5.82 Å². The van der Waals surface area contributed by atoms with Crippen molar-refractivity contribution < 1.29 is 4.39 Å². The Morgan fingerprint density at radius 3 is 2.70 bits per heavy atom. The molecule has 20 heavy (non-hydrogen) atoms. The molecule has 0 aliphatic heterocycles. The predicted molar refractivity (Wildman–Crippen MR) is 80.2 cm³/mol. The highest BCUT2D eigenvalue weighted by Gasteiger charge is 2.16. The van der Waals surface area contributed by atoms with Gasteiger partial charge in [-0.3, -0.25) is 4.98 Å². The molecule has 0 fully saturated rings. The topological polar surface area (TPSA) is 24.9 Å². The van der Waals surface area contributed by atoms with Gasteiger partial charge < -0.3 is 5.32 Å². The fourth-order valence-corrected chi connectivity index (χ4v) is 2.37. The number of hydrogen-bond donors (Lipinski definition) is 1. The highest BCUT2D eigenvalue weighted by molar-refractivity contribution is 5.37. The van der Waals surface area contributed by atoms with Crippen molar-refractivity contribution in [1.29, 1.82) is 0 Å². The van der Waals surface area contributed by atoms with E-state index in [-0.39, 0.29) is 11.9 Å². The highest BCUT2D eigenvalue weighted by Crippen LogP contribution is 2.26. The number of aromatic nitrogens is 1. The van der Waals surface area contributed by atoms with Crippen LogP contribution in [-0.4, -0.2) is 11.5 Å². The standard InChI is InChI=1S/C17H21FN2/c1-4-8-20-17(14-7-9-19-13(3)10-14)16-11-15(18)6-5-12(16)2/h5-7,9-11,17,20H,4,8H2,1-3H3. The molecule has 1 unspecified atom stereocenters. The summed E-state index contributed by atoms with van der Waals surface area (Å²) in [6.07, 6.45) is 2.84. The van der Waals surface area contributed by atoms with Crippen molar-refractivity contribution in [1.82, 2.24) is 10.3 Å². The van der Waals surface area contributed by atoms with E-state index < -0.39 is 0 Å². The van der Waals surface area contributed by atoms with Crippen molar-refractivity contribution in [3.8, 4) is 0 Å². The number of nitrogens with zero attached hydrogens (tertiary/aromatic N) is 1. The Hall–Kier alpha value is -1.74. The van der Waals surface area contributed by atoms with E-state index in [4.69, 9.17) is 0 Å².